The maximum Gasteiger partial charge on any atom is 0.0753 e. The molecule has 0 radical (unpaired) electrons. The van der Waals surface area contributed by atoms with Gasteiger partial charge in [-0.3, -0.25) is 9.97 Å². The van der Waals surface area contributed by atoms with Crippen molar-refractivity contribution in [2.24, 2.45) is 5.92 Å². The van der Waals surface area contributed by atoms with Crippen molar-refractivity contribution in [2.75, 3.05) is 0 Å². The number of nitrogens with zero attached hydrogens (tertiary/aromatic N) is 2. The highest BCUT2D eigenvalue weighted by Gasteiger charge is 2.25. The zero-order chi connectivity index (χ0) is 10.7. The fourth-order valence-corrected chi connectivity index (χ4v) is 2.09. The van der Waals surface area contributed by atoms with Crippen LogP contribution in [-0.4, -0.2) is 16.0 Å². The van der Waals surface area contributed by atoms with Crippen LogP contribution in [0.1, 0.15) is 44.8 Å². The molecule has 0 spiro atoms. The largest absolute Gasteiger partial charge is 0.306 e. The minimum Gasteiger partial charge on any atom is -0.306 e. The molecule has 2 rings (SSSR count). The smallest absolute Gasteiger partial charge is 0.0753 e. The van der Waals surface area contributed by atoms with Gasteiger partial charge >= 0.3 is 0 Å². The minimum atomic E-state index is 0.300. The lowest BCUT2D eigenvalue weighted by Crippen LogP contribution is -2.38. The van der Waals surface area contributed by atoms with E-state index in [0.717, 1.165) is 11.6 Å². The SMILES string of the molecule is CC(NC(C)C1CCC1)c1cnccn1. The summed E-state index contributed by atoms with van der Waals surface area (Å²) in [5.41, 5.74) is 1.03. The molecule has 1 saturated carbocycles. The molecule has 82 valence electrons. The topological polar surface area (TPSA) is 37.8 Å². The monoisotopic (exact) mass is 205 g/mol. The van der Waals surface area contributed by atoms with E-state index in [2.05, 4.69) is 29.1 Å². The second-order valence-corrected chi connectivity index (χ2v) is 4.50. The average molecular weight is 205 g/mol. The standard InChI is InChI=1S/C12H19N3/c1-9(11-4-3-5-11)15-10(2)12-8-13-6-7-14-12/h6-11,15H,3-5H2,1-2H3. The van der Waals surface area contributed by atoms with Gasteiger partial charge in [0.05, 0.1) is 5.69 Å². The molecule has 15 heavy (non-hydrogen) atoms. The summed E-state index contributed by atoms with van der Waals surface area (Å²) in [6.07, 6.45) is 9.46. The molecule has 0 saturated heterocycles. The first-order valence-corrected chi connectivity index (χ1v) is 5.79. The Bertz CT molecular complexity index is 295. The summed E-state index contributed by atoms with van der Waals surface area (Å²) in [5.74, 6) is 0.865. The molecule has 0 aliphatic heterocycles. The highest BCUT2D eigenvalue weighted by atomic mass is 15.0. The van der Waals surface area contributed by atoms with Crippen LogP contribution < -0.4 is 5.32 Å². The van der Waals surface area contributed by atoms with Gasteiger partial charge in [-0.25, -0.2) is 0 Å². The Balaban J connectivity index is 1.88. The van der Waals surface area contributed by atoms with Crippen LogP contribution in [0.4, 0.5) is 0 Å². The summed E-state index contributed by atoms with van der Waals surface area (Å²) in [4.78, 5) is 8.40. The van der Waals surface area contributed by atoms with Gasteiger partial charge in [0.25, 0.3) is 0 Å². The average Bonchev–Trinajstić information content (AvgIpc) is 2.16. The van der Waals surface area contributed by atoms with E-state index in [1.807, 2.05) is 6.20 Å². The third-order valence-corrected chi connectivity index (χ3v) is 3.40. The van der Waals surface area contributed by atoms with Gasteiger partial charge in [0.1, 0.15) is 0 Å². The van der Waals surface area contributed by atoms with Crippen molar-refractivity contribution in [3.63, 3.8) is 0 Å². The zero-order valence-electron chi connectivity index (χ0n) is 9.48. The second kappa shape index (κ2) is 4.71. The fourth-order valence-electron chi connectivity index (χ4n) is 2.09. The van der Waals surface area contributed by atoms with Crippen LogP contribution in [0.2, 0.25) is 0 Å². The van der Waals surface area contributed by atoms with Gasteiger partial charge in [0.2, 0.25) is 0 Å². The Morgan fingerprint density at radius 2 is 2.13 bits per heavy atom. The Morgan fingerprint density at radius 3 is 2.67 bits per heavy atom. The molecule has 1 aliphatic carbocycles. The van der Waals surface area contributed by atoms with Crippen LogP contribution in [0.15, 0.2) is 18.6 Å². The van der Waals surface area contributed by atoms with Crippen LogP contribution in [0.3, 0.4) is 0 Å². The van der Waals surface area contributed by atoms with Crippen LogP contribution in [0.25, 0.3) is 0 Å². The van der Waals surface area contributed by atoms with E-state index < -0.39 is 0 Å². The summed E-state index contributed by atoms with van der Waals surface area (Å²) in [6, 6.07) is 0.894. The van der Waals surface area contributed by atoms with Crippen LogP contribution in [-0.2, 0) is 0 Å². The molecule has 2 atom stereocenters. The Hall–Kier alpha value is -0.960. The summed E-state index contributed by atoms with van der Waals surface area (Å²) < 4.78 is 0. The van der Waals surface area contributed by atoms with Crippen molar-refractivity contribution < 1.29 is 0 Å². The lowest BCUT2D eigenvalue weighted by molar-refractivity contribution is 0.229. The summed E-state index contributed by atoms with van der Waals surface area (Å²) in [7, 11) is 0. The van der Waals surface area contributed by atoms with E-state index in [-0.39, 0.29) is 0 Å². The van der Waals surface area contributed by atoms with Gasteiger partial charge in [-0.2, -0.15) is 0 Å². The first-order valence-electron chi connectivity index (χ1n) is 5.79. The van der Waals surface area contributed by atoms with Crippen LogP contribution in [0, 0.1) is 5.92 Å². The predicted octanol–water partition coefficient (Wildman–Crippen LogP) is 2.32. The fraction of sp³-hybridized carbons (Fsp3) is 0.667. The lowest BCUT2D eigenvalue weighted by Gasteiger charge is -2.33. The number of rotatable bonds is 4. The second-order valence-electron chi connectivity index (χ2n) is 4.50. The van der Waals surface area contributed by atoms with Crippen molar-refractivity contribution in [3.8, 4) is 0 Å². The minimum absolute atomic E-state index is 0.300. The molecule has 1 heterocycles. The molecule has 0 aromatic carbocycles. The molecular formula is C12H19N3. The molecular weight excluding hydrogens is 186 g/mol. The van der Waals surface area contributed by atoms with Crippen molar-refractivity contribution in [2.45, 2.75) is 45.2 Å². The van der Waals surface area contributed by atoms with E-state index in [1.54, 1.807) is 12.4 Å². The number of nitrogens with one attached hydrogen (secondary N) is 1. The molecule has 0 bridgehead atoms. The van der Waals surface area contributed by atoms with E-state index in [4.69, 9.17) is 0 Å². The third-order valence-electron chi connectivity index (χ3n) is 3.40. The zero-order valence-corrected chi connectivity index (χ0v) is 9.48. The van der Waals surface area contributed by atoms with E-state index in [1.165, 1.54) is 19.3 Å². The molecule has 0 amide bonds. The summed E-state index contributed by atoms with van der Waals surface area (Å²) in [6.45, 7) is 4.43. The molecule has 3 heteroatoms. The molecule has 2 unspecified atom stereocenters. The van der Waals surface area contributed by atoms with Crippen molar-refractivity contribution in [1.82, 2.24) is 15.3 Å². The van der Waals surface area contributed by atoms with E-state index in [9.17, 15) is 0 Å². The predicted molar refractivity (Wildman–Crippen MR) is 60.4 cm³/mol. The number of hydrogen-bond acceptors (Lipinski definition) is 3. The van der Waals surface area contributed by atoms with Gasteiger partial charge in [0, 0.05) is 30.7 Å². The highest BCUT2D eigenvalue weighted by Crippen LogP contribution is 2.30. The number of hydrogen-bond donors (Lipinski definition) is 1. The Kier molecular flexibility index (Phi) is 3.31. The normalized spacial score (nSPS) is 20.7. The Morgan fingerprint density at radius 1 is 1.33 bits per heavy atom. The molecule has 1 aliphatic rings. The Labute approximate surface area is 91.3 Å². The molecule has 1 aromatic rings. The van der Waals surface area contributed by atoms with Gasteiger partial charge in [-0.1, -0.05) is 6.42 Å². The lowest BCUT2D eigenvalue weighted by atomic mass is 9.80. The van der Waals surface area contributed by atoms with E-state index >= 15 is 0 Å². The van der Waals surface area contributed by atoms with Gasteiger partial charge in [0.15, 0.2) is 0 Å². The van der Waals surface area contributed by atoms with Gasteiger partial charge in [-0.05, 0) is 32.6 Å². The maximum atomic E-state index is 4.31. The maximum absolute atomic E-state index is 4.31. The van der Waals surface area contributed by atoms with Crippen molar-refractivity contribution in [1.29, 1.82) is 0 Å². The van der Waals surface area contributed by atoms with E-state index in [0.29, 0.717) is 12.1 Å². The van der Waals surface area contributed by atoms with Crippen LogP contribution in [0.5, 0.6) is 0 Å². The van der Waals surface area contributed by atoms with Crippen molar-refractivity contribution >= 4 is 0 Å². The number of aromatic nitrogens is 2. The van der Waals surface area contributed by atoms with Crippen molar-refractivity contribution in [3.05, 3.63) is 24.3 Å². The summed E-state index contributed by atoms with van der Waals surface area (Å²) >= 11 is 0. The quantitative estimate of drug-likeness (QED) is 0.819. The molecule has 3 nitrogen and oxygen atoms in total. The third kappa shape index (κ3) is 2.53. The molecule has 1 aromatic heterocycles. The van der Waals surface area contributed by atoms with Crippen LogP contribution >= 0.6 is 0 Å². The molecule has 1 N–H and O–H groups in total. The highest BCUT2D eigenvalue weighted by molar-refractivity contribution is 5.01. The first kappa shape index (κ1) is 10.6. The van der Waals surface area contributed by atoms with Gasteiger partial charge in [-0.15, -0.1) is 0 Å². The van der Waals surface area contributed by atoms with Gasteiger partial charge < -0.3 is 5.32 Å². The first-order chi connectivity index (χ1) is 7.27. The molecule has 1 fully saturated rings. The summed E-state index contributed by atoms with van der Waals surface area (Å²) in [5, 5.41) is 3.60.